The Labute approximate surface area is 276 Å². The highest BCUT2D eigenvalue weighted by molar-refractivity contribution is 5.89. The molecule has 0 unspecified atom stereocenters. The van der Waals surface area contributed by atoms with Gasteiger partial charge in [-0.15, -0.1) is 0 Å². The highest BCUT2D eigenvalue weighted by Gasteiger charge is 2.45. The molecule has 7 rings (SSSR count). The topological polar surface area (TPSA) is 169 Å². The first-order chi connectivity index (χ1) is 22.5. The average molecular weight is 655 g/mol. The zero-order chi connectivity index (χ0) is 34.8. The molecule has 2 aliphatic rings. The molecule has 2 N–H and O–H groups in total. The minimum absolute atomic E-state index is 0.00574. The van der Waals surface area contributed by atoms with Crippen LogP contribution in [0.4, 0.5) is 5.95 Å². The molecule has 3 aromatic heterocycles. The van der Waals surface area contributed by atoms with E-state index in [2.05, 4.69) is 10.4 Å². The monoisotopic (exact) mass is 654 g/mol. The quantitative estimate of drug-likeness (QED) is 0.162. The molecule has 48 heavy (non-hydrogen) atoms. The maximum absolute atomic E-state index is 13.2. The maximum atomic E-state index is 13.2. The average Bonchev–Trinajstić information content (AvgIpc) is 3.38. The molecule has 2 aromatic carbocycles. The number of nitrogens with one attached hydrogen (secondary N) is 1. The molecule has 0 bridgehead atoms. The van der Waals surface area contributed by atoms with E-state index in [-0.39, 0.29) is 41.2 Å². The third-order valence-corrected chi connectivity index (χ3v) is 8.10. The van der Waals surface area contributed by atoms with Crippen LogP contribution in [0.3, 0.4) is 0 Å². The number of nitrogens with zero attached hydrogens (tertiary/aromatic N) is 5. The lowest BCUT2D eigenvalue weighted by Gasteiger charge is -2.31. The second-order valence-electron chi connectivity index (χ2n) is 14.0. The number of rotatable bonds is 3. The number of ether oxygens (including phenoxy) is 2. The number of fused-ring (bicyclic) bond motifs is 6. The molecule has 250 valence electrons. The maximum Gasteiger partial charge on any atom is 0.461 e. The van der Waals surface area contributed by atoms with Gasteiger partial charge in [0.25, 0.3) is 11.1 Å². The number of carbonyl (C=O) groups is 1. The lowest BCUT2D eigenvalue weighted by atomic mass is 9.86. The second kappa shape index (κ2) is 11.4. The van der Waals surface area contributed by atoms with Gasteiger partial charge in [0.05, 0.1) is 34.6 Å². The van der Waals surface area contributed by atoms with Crippen LogP contribution in [-0.2, 0) is 28.3 Å². The minimum atomic E-state index is -1.82. The third kappa shape index (κ3) is 5.74. The smallest absolute Gasteiger partial charge is 0.461 e. The molecular formula is C35H38N6O7. The summed E-state index contributed by atoms with van der Waals surface area (Å²) in [6.45, 7) is 13.6. The van der Waals surface area contributed by atoms with Crippen LogP contribution in [0.5, 0.6) is 5.75 Å². The van der Waals surface area contributed by atoms with Crippen molar-refractivity contribution in [1.82, 2.24) is 14.6 Å². The summed E-state index contributed by atoms with van der Waals surface area (Å²) in [4.78, 5) is 30.8. The summed E-state index contributed by atoms with van der Waals surface area (Å²) in [7, 11) is 0. The number of pyridine rings is 2. The van der Waals surface area contributed by atoms with Crippen LogP contribution in [0, 0.1) is 10.4 Å². The largest absolute Gasteiger partial charge is 0.739 e. The first-order valence-corrected chi connectivity index (χ1v) is 15.7. The van der Waals surface area contributed by atoms with Crippen LogP contribution in [0.15, 0.2) is 59.4 Å². The molecular weight excluding hydrogens is 616 g/mol. The Bertz CT molecular complexity index is 2170. The van der Waals surface area contributed by atoms with Crippen molar-refractivity contribution in [3.05, 3.63) is 92.1 Å². The second-order valence-corrected chi connectivity index (χ2v) is 14.0. The highest BCUT2D eigenvalue weighted by atomic mass is 16.6. The van der Waals surface area contributed by atoms with E-state index in [4.69, 9.17) is 14.5 Å². The third-order valence-electron chi connectivity index (χ3n) is 8.10. The molecule has 2 aliphatic heterocycles. The summed E-state index contributed by atoms with van der Waals surface area (Å²) < 4.78 is 13.5. The van der Waals surface area contributed by atoms with Crippen molar-refractivity contribution in [2.45, 2.75) is 84.8 Å². The Morgan fingerprint density at radius 1 is 1.04 bits per heavy atom. The van der Waals surface area contributed by atoms with Gasteiger partial charge in [0.15, 0.2) is 11.1 Å². The summed E-state index contributed by atoms with van der Waals surface area (Å²) >= 11 is 0. The fraction of sp³-hybridized carbons (Fsp3) is 0.371. The van der Waals surface area contributed by atoms with Gasteiger partial charge in [-0.3, -0.25) is 10.1 Å². The molecule has 0 saturated carbocycles. The van der Waals surface area contributed by atoms with Gasteiger partial charge in [-0.2, -0.15) is 0 Å². The van der Waals surface area contributed by atoms with Crippen molar-refractivity contribution in [3.8, 4) is 17.1 Å². The van der Waals surface area contributed by atoms with Crippen molar-refractivity contribution in [2.24, 2.45) is 0 Å². The van der Waals surface area contributed by atoms with Gasteiger partial charge >= 0.3 is 11.9 Å². The summed E-state index contributed by atoms with van der Waals surface area (Å²) in [5.74, 6) is 0.0222. The van der Waals surface area contributed by atoms with Crippen LogP contribution >= 0.6 is 0 Å². The molecule has 0 fully saturated rings. The Morgan fingerprint density at radius 2 is 1.75 bits per heavy atom. The first-order valence-electron chi connectivity index (χ1n) is 15.7. The number of aliphatic hydroxyl groups is 1. The molecule has 5 heterocycles. The number of esters is 1. The van der Waals surface area contributed by atoms with E-state index in [0.29, 0.717) is 44.2 Å². The van der Waals surface area contributed by atoms with Gasteiger partial charge in [0.2, 0.25) is 5.10 Å². The molecule has 0 amide bonds. The standard InChI is InChI=1S/C24H24N2O5.C11H14N4O2/c1-5-24(29)16-10-18-20-13(11-26(18)21(27)15(16)12-30-22(24)28)9-14-17(25-20)7-6-8-19(14)31-23(2,3)4;1-11(2,3)12-10-13-15(17)9-7-5-4-6-8(9)14(10)16/h6-10,29H,5,11-12H2,1-4H3;4-7H,1-3H3,(H,12,13)/t24-;/m0./s1. The van der Waals surface area contributed by atoms with Gasteiger partial charge in [-0.1, -0.05) is 25.1 Å². The van der Waals surface area contributed by atoms with Crippen LogP contribution in [0.2, 0.25) is 0 Å². The molecule has 0 radical (unpaired) electrons. The number of cyclic esters (lactones) is 1. The van der Waals surface area contributed by atoms with Gasteiger partial charge < -0.3 is 29.6 Å². The van der Waals surface area contributed by atoms with Crippen LogP contribution in [-0.4, -0.2) is 36.9 Å². The number of aromatic nitrogens is 5. The van der Waals surface area contributed by atoms with E-state index < -0.39 is 11.6 Å². The van der Waals surface area contributed by atoms with Gasteiger partial charge in [-0.25, -0.2) is 14.5 Å². The lowest BCUT2D eigenvalue weighted by molar-refractivity contribution is -0.672. The summed E-state index contributed by atoms with van der Waals surface area (Å²) in [5, 5.41) is 42.1. The van der Waals surface area contributed by atoms with Crippen LogP contribution < -0.4 is 25.2 Å². The Balaban J connectivity index is 0.000000200. The van der Waals surface area contributed by atoms with Gasteiger partial charge in [0, 0.05) is 27.4 Å². The van der Waals surface area contributed by atoms with E-state index in [1.165, 1.54) is 0 Å². The van der Waals surface area contributed by atoms with Gasteiger partial charge in [-0.05, 0) is 78.3 Å². The Kier molecular flexibility index (Phi) is 7.78. The van der Waals surface area contributed by atoms with Gasteiger partial charge in [0.1, 0.15) is 18.0 Å². The normalized spacial score (nSPS) is 16.8. The number of anilines is 1. The number of hydrogen-bond donors (Lipinski definition) is 2. The number of benzene rings is 2. The molecule has 13 heteroatoms. The zero-order valence-electron chi connectivity index (χ0n) is 28.0. The van der Waals surface area contributed by atoms with E-state index in [0.717, 1.165) is 22.2 Å². The predicted molar refractivity (Wildman–Crippen MR) is 178 cm³/mol. The lowest BCUT2D eigenvalue weighted by Crippen LogP contribution is -2.46. The van der Waals surface area contributed by atoms with Crippen molar-refractivity contribution in [3.63, 3.8) is 0 Å². The van der Waals surface area contributed by atoms with E-state index >= 15 is 0 Å². The minimum Gasteiger partial charge on any atom is -0.739 e. The SMILES string of the molecule is CC(C)(C)Nc1n[n+]([O-])c2ccccc2[n+]1[O-].CC[C@@]1(O)C(=O)OCc2c1cc1n(c2=O)Cc2cc3c(OC(C)(C)C)cccc3nc2-1. The molecule has 13 nitrogen and oxygen atoms in total. The fourth-order valence-electron chi connectivity index (χ4n) is 5.90. The summed E-state index contributed by atoms with van der Waals surface area (Å²) in [6, 6.07) is 16.0. The Hall–Kier alpha value is -5.30. The zero-order valence-corrected chi connectivity index (χ0v) is 28.0. The van der Waals surface area contributed by atoms with Crippen LogP contribution in [0.1, 0.15) is 71.6 Å². The van der Waals surface area contributed by atoms with Crippen molar-refractivity contribution in [2.75, 3.05) is 5.32 Å². The number of para-hydroxylation sites is 2. The van der Waals surface area contributed by atoms with Crippen LogP contribution in [0.25, 0.3) is 33.3 Å². The van der Waals surface area contributed by atoms with E-state index in [9.17, 15) is 25.1 Å². The fourth-order valence-corrected chi connectivity index (χ4v) is 5.90. The number of carbonyl (C=O) groups excluding carboxylic acids is 1. The molecule has 0 aliphatic carbocycles. The summed E-state index contributed by atoms with van der Waals surface area (Å²) in [6.07, 6.45) is 0.118. The summed E-state index contributed by atoms with van der Waals surface area (Å²) in [5.41, 5.74) is 1.33. The van der Waals surface area contributed by atoms with E-state index in [1.807, 2.05) is 65.8 Å². The molecule has 0 saturated heterocycles. The first kappa shape index (κ1) is 32.6. The molecule has 5 aromatic rings. The van der Waals surface area contributed by atoms with Crippen molar-refractivity contribution >= 4 is 33.9 Å². The highest BCUT2D eigenvalue weighted by Crippen LogP contribution is 2.40. The number of hydrogen-bond acceptors (Lipinski definition) is 10. The van der Waals surface area contributed by atoms with E-state index in [1.54, 1.807) is 41.8 Å². The van der Waals surface area contributed by atoms with Crippen molar-refractivity contribution < 1.29 is 29.0 Å². The predicted octanol–water partition coefficient (Wildman–Crippen LogP) is 3.97. The Morgan fingerprint density at radius 3 is 2.42 bits per heavy atom. The molecule has 0 spiro atoms. The molecule has 1 atom stereocenters. The van der Waals surface area contributed by atoms with Crippen molar-refractivity contribution in [1.29, 1.82) is 0 Å².